The van der Waals surface area contributed by atoms with Crippen LogP contribution in [0.2, 0.25) is 0 Å². The minimum absolute atomic E-state index is 0.0576. The van der Waals surface area contributed by atoms with Gasteiger partial charge >= 0.3 is 11.6 Å². The molecule has 0 saturated heterocycles. The van der Waals surface area contributed by atoms with E-state index in [9.17, 15) is 29.1 Å². The highest BCUT2D eigenvalue weighted by molar-refractivity contribution is 7.98. The Labute approximate surface area is 251 Å². The van der Waals surface area contributed by atoms with Gasteiger partial charge in [-0.25, -0.2) is 9.59 Å². The Kier molecular flexibility index (Phi) is 10.3. The van der Waals surface area contributed by atoms with Gasteiger partial charge in [-0.3, -0.25) is 14.4 Å². The van der Waals surface area contributed by atoms with Gasteiger partial charge < -0.3 is 29.9 Å². The number of fused-ring (bicyclic) bond motifs is 2. The Morgan fingerprint density at radius 3 is 2.23 bits per heavy atom. The number of nitrogens with one attached hydrogen (secondary N) is 3. The number of rotatable bonds is 13. The number of aryl methyl sites for hydroxylation is 3. The first-order valence-corrected chi connectivity index (χ1v) is 14.8. The second-order valence-electron chi connectivity index (χ2n) is 10.1. The van der Waals surface area contributed by atoms with Crippen molar-refractivity contribution < 1.29 is 33.1 Å². The molecule has 4 aromatic rings. The normalized spacial score (nSPS) is 11.8. The molecule has 1 unspecified atom stereocenters. The third kappa shape index (κ3) is 8.04. The van der Waals surface area contributed by atoms with E-state index in [1.54, 1.807) is 13.0 Å². The third-order valence-corrected chi connectivity index (χ3v) is 8.21. The van der Waals surface area contributed by atoms with Crippen LogP contribution in [0.5, 0.6) is 0 Å². The second kappa shape index (κ2) is 14.1. The maximum atomic E-state index is 12.7. The van der Waals surface area contributed by atoms with Gasteiger partial charge in [0.2, 0.25) is 17.7 Å². The highest BCUT2D eigenvalue weighted by Crippen LogP contribution is 2.31. The Morgan fingerprint density at radius 1 is 0.860 bits per heavy atom. The van der Waals surface area contributed by atoms with Crippen molar-refractivity contribution >= 4 is 57.4 Å². The van der Waals surface area contributed by atoms with Crippen molar-refractivity contribution in [3.8, 4) is 0 Å². The molecule has 0 saturated carbocycles. The summed E-state index contributed by atoms with van der Waals surface area (Å²) in [4.78, 5) is 61.0. The average molecular weight is 608 g/mol. The van der Waals surface area contributed by atoms with Crippen LogP contribution in [-0.4, -0.2) is 53.7 Å². The van der Waals surface area contributed by atoms with Gasteiger partial charge in [-0.1, -0.05) is 30.3 Å². The highest BCUT2D eigenvalue weighted by Gasteiger charge is 2.21. The summed E-state index contributed by atoms with van der Waals surface area (Å²) in [5.41, 5.74) is 3.61. The second-order valence-corrected chi connectivity index (χ2v) is 11.2. The van der Waals surface area contributed by atoms with Crippen molar-refractivity contribution in [3.05, 3.63) is 80.9 Å². The lowest BCUT2D eigenvalue weighted by molar-refractivity contribution is -0.141. The molecule has 0 radical (unpaired) electrons. The number of thioether (sulfide) groups is 1. The van der Waals surface area contributed by atoms with Crippen molar-refractivity contribution in [1.82, 2.24) is 16.0 Å². The van der Waals surface area contributed by atoms with Crippen LogP contribution in [0.25, 0.3) is 21.9 Å². The van der Waals surface area contributed by atoms with Gasteiger partial charge in [0.1, 0.15) is 23.0 Å². The number of benzene rings is 2. The zero-order valence-electron chi connectivity index (χ0n) is 24.1. The lowest BCUT2D eigenvalue weighted by atomic mass is 10.0. The van der Waals surface area contributed by atoms with E-state index in [4.69, 9.17) is 8.83 Å². The van der Waals surface area contributed by atoms with E-state index in [-0.39, 0.29) is 25.1 Å². The van der Waals surface area contributed by atoms with Crippen LogP contribution < -0.4 is 21.6 Å². The summed E-state index contributed by atoms with van der Waals surface area (Å²) in [7, 11) is 0. The molecule has 11 nitrogen and oxygen atoms in total. The van der Waals surface area contributed by atoms with Crippen LogP contribution in [0.15, 0.2) is 56.1 Å². The van der Waals surface area contributed by atoms with Crippen LogP contribution in [0.3, 0.4) is 0 Å². The fourth-order valence-corrected chi connectivity index (χ4v) is 5.56. The summed E-state index contributed by atoms with van der Waals surface area (Å²) in [6, 6.07) is 12.0. The molecular formula is C31H33N3O8S. The molecule has 43 heavy (non-hydrogen) atoms. The molecule has 2 aromatic carbocycles. The Bertz CT molecular complexity index is 1730. The lowest BCUT2D eigenvalue weighted by Gasteiger charge is -2.15. The summed E-state index contributed by atoms with van der Waals surface area (Å²) in [5, 5.41) is 18.3. The van der Waals surface area contributed by atoms with Crippen LogP contribution in [-0.2, 0) is 31.4 Å². The van der Waals surface area contributed by atoms with E-state index in [1.807, 2.05) is 50.2 Å². The molecule has 0 aliphatic heterocycles. The Morgan fingerprint density at radius 2 is 1.51 bits per heavy atom. The maximum absolute atomic E-state index is 12.7. The van der Waals surface area contributed by atoms with Crippen LogP contribution >= 0.6 is 11.8 Å². The minimum atomic E-state index is -1.18. The van der Waals surface area contributed by atoms with Crippen molar-refractivity contribution in [2.45, 2.75) is 45.4 Å². The molecule has 4 rings (SSSR count). The molecule has 0 spiro atoms. The fourth-order valence-electron chi connectivity index (χ4n) is 4.55. The SMILES string of the molecule is Cc1oc2cc3oc(=O)c(CCC(=O)NCC(=O)NCC(=O)NC(CSCc4ccccc4)C(=O)O)c(C)c3cc2c1C. The number of carbonyl (C=O) groups excluding carboxylic acids is 3. The molecule has 4 N–H and O–H groups in total. The number of hydrogen-bond acceptors (Lipinski definition) is 8. The fraction of sp³-hybridized carbons (Fsp3) is 0.323. The monoisotopic (exact) mass is 607 g/mol. The van der Waals surface area contributed by atoms with Gasteiger partial charge in [0.05, 0.1) is 13.1 Å². The number of carbonyl (C=O) groups is 4. The van der Waals surface area contributed by atoms with E-state index in [2.05, 4.69) is 16.0 Å². The quantitative estimate of drug-likeness (QED) is 0.167. The highest BCUT2D eigenvalue weighted by atomic mass is 32.2. The summed E-state index contributed by atoms with van der Waals surface area (Å²) in [6.45, 7) is 4.79. The smallest absolute Gasteiger partial charge is 0.339 e. The standard InChI is InChI=1S/C31H33N3O8S/c1-17-19(3)41-25-12-26-23(11-22(17)25)18(2)21(31(40)42-26)9-10-27(35)32-13-28(36)33-14-29(37)34-24(30(38)39)16-43-15-20-7-5-4-6-8-20/h4-8,11-12,24H,9-10,13-16H2,1-3H3,(H,32,35)(H,33,36)(H,34,37)(H,38,39). The minimum Gasteiger partial charge on any atom is -0.480 e. The van der Waals surface area contributed by atoms with Crippen molar-refractivity contribution in [2.24, 2.45) is 0 Å². The van der Waals surface area contributed by atoms with Crippen molar-refractivity contribution in [3.63, 3.8) is 0 Å². The van der Waals surface area contributed by atoms with E-state index in [1.165, 1.54) is 11.8 Å². The third-order valence-electron chi connectivity index (χ3n) is 7.11. The summed E-state index contributed by atoms with van der Waals surface area (Å²) >= 11 is 1.37. The Hall–Kier alpha value is -4.58. The van der Waals surface area contributed by atoms with Gasteiger partial charge in [-0.2, -0.15) is 11.8 Å². The van der Waals surface area contributed by atoms with Crippen molar-refractivity contribution in [1.29, 1.82) is 0 Å². The number of carboxylic acid groups (broad SMARTS) is 1. The van der Waals surface area contributed by atoms with Gasteiger partial charge in [-0.15, -0.1) is 0 Å². The number of aliphatic carboxylic acids is 1. The van der Waals surface area contributed by atoms with Crippen LogP contribution in [0, 0.1) is 20.8 Å². The predicted octanol–water partition coefficient (Wildman–Crippen LogP) is 3.13. The predicted molar refractivity (Wildman–Crippen MR) is 163 cm³/mol. The summed E-state index contributed by atoms with van der Waals surface area (Å²) < 4.78 is 11.2. The number of furan rings is 1. The topological polar surface area (TPSA) is 168 Å². The van der Waals surface area contributed by atoms with Gasteiger partial charge in [0, 0.05) is 40.3 Å². The van der Waals surface area contributed by atoms with E-state index in [0.717, 1.165) is 27.7 Å². The average Bonchev–Trinajstić information content (AvgIpc) is 3.25. The first-order chi connectivity index (χ1) is 20.5. The van der Waals surface area contributed by atoms with Gasteiger partial charge in [0.15, 0.2) is 0 Å². The molecular weight excluding hydrogens is 574 g/mol. The zero-order chi connectivity index (χ0) is 31.1. The summed E-state index contributed by atoms with van der Waals surface area (Å²) in [5.74, 6) is -1.39. The van der Waals surface area contributed by atoms with E-state index in [0.29, 0.717) is 28.0 Å². The number of carboxylic acids is 1. The zero-order valence-corrected chi connectivity index (χ0v) is 24.9. The molecule has 1 atom stereocenters. The van der Waals surface area contributed by atoms with E-state index < -0.39 is 41.9 Å². The molecule has 12 heteroatoms. The van der Waals surface area contributed by atoms with Gasteiger partial charge in [0.25, 0.3) is 0 Å². The molecule has 0 aliphatic carbocycles. The lowest BCUT2D eigenvalue weighted by Crippen LogP contribution is -2.48. The maximum Gasteiger partial charge on any atom is 0.339 e. The van der Waals surface area contributed by atoms with Crippen molar-refractivity contribution in [2.75, 3.05) is 18.8 Å². The molecule has 3 amide bonds. The molecule has 2 aromatic heterocycles. The first-order valence-electron chi connectivity index (χ1n) is 13.7. The Balaban J connectivity index is 1.22. The van der Waals surface area contributed by atoms with Gasteiger partial charge in [-0.05, 0) is 49.9 Å². The largest absolute Gasteiger partial charge is 0.480 e. The summed E-state index contributed by atoms with van der Waals surface area (Å²) in [6.07, 6.45) is 0.0537. The number of hydrogen-bond donors (Lipinski definition) is 4. The van der Waals surface area contributed by atoms with Crippen LogP contribution in [0.4, 0.5) is 0 Å². The molecule has 226 valence electrons. The molecule has 0 fully saturated rings. The molecule has 0 aliphatic rings. The number of amides is 3. The molecule has 0 bridgehead atoms. The van der Waals surface area contributed by atoms with E-state index >= 15 is 0 Å². The molecule has 2 heterocycles. The first kappa shape index (κ1) is 31.4. The van der Waals surface area contributed by atoms with Crippen LogP contribution in [0.1, 0.15) is 34.4 Å².